The monoisotopic (exact) mass is 225 g/mol. The van der Waals surface area contributed by atoms with Crippen molar-refractivity contribution in [3.05, 3.63) is 35.5 Å². The number of hydrogen-bond acceptors (Lipinski definition) is 3. The molecule has 15 heavy (non-hydrogen) atoms. The summed E-state index contributed by atoms with van der Waals surface area (Å²) in [5, 5.41) is 8.80. The van der Waals surface area contributed by atoms with Gasteiger partial charge in [-0.1, -0.05) is 37.1 Å². The maximum atomic E-state index is 10.7. The predicted octanol–water partition coefficient (Wildman–Crippen LogP) is 2.14. The van der Waals surface area contributed by atoms with Crippen molar-refractivity contribution in [1.29, 1.82) is 0 Å². The summed E-state index contributed by atoms with van der Waals surface area (Å²) in [5.74, 6) is 0.00526. The van der Waals surface area contributed by atoms with Crippen LogP contribution in [0.15, 0.2) is 35.5 Å². The van der Waals surface area contributed by atoms with Gasteiger partial charge >= 0.3 is 5.97 Å². The second-order valence-corrected chi connectivity index (χ2v) is 3.97. The molecule has 0 fully saturated rings. The lowest BCUT2D eigenvalue weighted by atomic mass is 10.2. The van der Waals surface area contributed by atoms with Crippen LogP contribution < -0.4 is 4.72 Å². The Morgan fingerprint density at radius 2 is 2.33 bits per heavy atom. The number of carboxylic acids is 1. The largest absolute Gasteiger partial charge is 0.478 e. The quantitative estimate of drug-likeness (QED) is 0.556. The molecule has 0 amide bonds. The van der Waals surface area contributed by atoms with Crippen LogP contribution in [0, 0.1) is 0 Å². The Morgan fingerprint density at radius 1 is 1.53 bits per heavy atom. The van der Waals surface area contributed by atoms with Crippen LogP contribution in [0.1, 0.15) is 13.3 Å². The lowest BCUT2D eigenvalue weighted by Gasteiger charge is -2.01. The van der Waals surface area contributed by atoms with Gasteiger partial charge in [-0.25, -0.2) is 4.79 Å². The van der Waals surface area contributed by atoms with Gasteiger partial charge in [-0.15, -0.1) is 0 Å². The van der Waals surface area contributed by atoms with E-state index in [-0.39, 0.29) is 0 Å². The van der Waals surface area contributed by atoms with Crippen molar-refractivity contribution in [3.63, 3.8) is 0 Å². The van der Waals surface area contributed by atoms with Crippen molar-refractivity contribution in [2.24, 2.45) is 0 Å². The van der Waals surface area contributed by atoms with Gasteiger partial charge in [-0.3, -0.25) is 4.72 Å². The maximum absolute atomic E-state index is 10.7. The van der Waals surface area contributed by atoms with Crippen LogP contribution in [0.3, 0.4) is 0 Å². The van der Waals surface area contributed by atoms with E-state index in [4.69, 9.17) is 5.11 Å². The van der Waals surface area contributed by atoms with Gasteiger partial charge in [-0.2, -0.15) is 0 Å². The number of carbonyl (C=O) groups is 1. The molecule has 0 aromatic rings. The zero-order valence-electron chi connectivity index (χ0n) is 8.69. The lowest BCUT2D eigenvalue weighted by Crippen LogP contribution is -2.02. The zero-order valence-corrected chi connectivity index (χ0v) is 9.51. The molecule has 0 aromatic carbocycles. The Kier molecular flexibility index (Phi) is 5.21. The van der Waals surface area contributed by atoms with E-state index < -0.39 is 5.97 Å². The topological polar surface area (TPSA) is 49.3 Å². The summed E-state index contributed by atoms with van der Waals surface area (Å²) in [6.45, 7) is 2.98. The lowest BCUT2D eigenvalue weighted by molar-refractivity contribution is -0.132. The highest BCUT2D eigenvalue weighted by Gasteiger charge is 2.05. The van der Waals surface area contributed by atoms with Gasteiger partial charge < -0.3 is 5.11 Å². The van der Waals surface area contributed by atoms with E-state index in [2.05, 4.69) is 17.7 Å². The Balaban J connectivity index is 2.48. The first kappa shape index (κ1) is 12.1. The fourth-order valence-electron chi connectivity index (χ4n) is 1.17. The number of rotatable bonds is 5. The van der Waals surface area contributed by atoms with Gasteiger partial charge in [0.2, 0.25) is 0 Å². The second kappa shape index (κ2) is 6.48. The standard InChI is InChI=1S/C11H15NO2S/c1-2-12-15-8-9-4-3-5-10(7-6-9)11(13)14/h4-7,12H,2-3,8H2,1H3,(H,13,14). The second-order valence-electron chi connectivity index (χ2n) is 3.10. The molecule has 1 aliphatic carbocycles. The Labute approximate surface area is 94.1 Å². The third-order valence-corrected chi connectivity index (χ3v) is 2.90. The van der Waals surface area contributed by atoms with Gasteiger partial charge in [-0.05, 0) is 18.1 Å². The van der Waals surface area contributed by atoms with Crippen LogP contribution in [0.25, 0.3) is 0 Å². The number of hydrogen-bond donors (Lipinski definition) is 2. The smallest absolute Gasteiger partial charge is 0.335 e. The molecule has 4 heteroatoms. The summed E-state index contributed by atoms with van der Waals surface area (Å²) in [6, 6.07) is 0. The number of allylic oxidation sites excluding steroid dienone is 3. The highest BCUT2D eigenvalue weighted by Crippen LogP contribution is 2.13. The summed E-state index contributed by atoms with van der Waals surface area (Å²) < 4.78 is 3.16. The van der Waals surface area contributed by atoms with Crippen molar-refractivity contribution in [2.75, 3.05) is 12.3 Å². The molecular weight excluding hydrogens is 210 g/mol. The average molecular weight is 225 g/mol. The molecule has 1 aliphatic rings. The first-order chi connectivity index (χ1) is 7.24. The van der Waals surface area contributed by atoms with Gasteiger partial charge in [0.05, 0.1) is 5.57 Å². The van der Waals surface area contributed by atoms with Crippen molar-refractivity contribution >= 4 is 17.9 Å². The van der Waals surface area contributed by atoms with Crippen molar-refractivity contribution in [2.45, 2.75) is 13.3 Å². The first-order valence-corrected chi connectivity index (χ1v) is 5.87. The number of aliphatic carboxylic acids is 1. The normalized spacial score (nSPS) is 15.5. The molecule has 82 valence electrons. The molecule has 0 aromatic heterocycles. The minimum atomic E-state index is -0.861. The van der Waals surface area contributed by atoms with E-state index in [0.717, 1.165) is 17.9 Å². The van der Waals surface area contributed by atoms with E-state index >= 15 is 0 Å². The predicted molar refractivity (Wildman–Crippen MR) is 63.7 cm³/mol. The first-order valence-electron chi connectivity index (χ1n) is 4.89. The molecular formula is C11H15NO2S. The number of nitrogens with one attached hydrogen (secondary N) is 1. The molecule has 0 spiro atoms. The summed E-state index contributed by atoms with van der Waals surface area (Å²) in [4.78, 5) is 10.7. The summed E-state index contributed by atoms with van der Waals surface area (Å²) >= 11 is 1.64. The highest BCUT2D eigenvalue weighted by atomic mass is 32.2. The Hall–Kier alpha value is -1.00. The van der Waals surface area contributed by atoms with Gasteiger partial charge in [0.15, 0.2) is 0 Å². The van der Waals surface area contributed by atoms with E-state index in [1.165, 1.54) is 0 Å². The van der Waals surface area contributed by atoms with Crippen molar-refractivity contribution < 1.29 is 9.90 Å². The van der Waals surface area contributed by atoms with Crippen molar-refractivity contribution in [1.82, 2.24) is 4.72 Å². The molecule has 0 atom stereocenters. The molecule has 0 aliphatic heterocycles. The van der Waals surface area contributed by atoms with Crippen LogP contribution in [0.2, 0.25) is 0 Å². The molecule has 0 bridgehead atoms. The average Bonchev–Trinajstić information content (AvgIpc) is 2.44. The Morgan fingerprint density at radius 3 is 3.00 bits per heavy atom. The van der Waals surface area contributed by atoms with Crippen LogP contribution >= 0.6 is 11.9 Å². The van der Waals surface area contributed by atoms with Crippen LogP contribution in [0.4, 0.5) is 0 Å². The SMILES string of the molecule is CCNSCC1=CCC=C(C(=O)O)C=C1. The van der Waals surface area contributed by atoms with E-state index in [1.54, 1.807) is 24.1 Å². The molecule has 0 saturated heterocycles. The summed E-state index contributed by atoms with van der Waals surface area (Å²) in [7, 11) is 0. The van der Waals surface area contributed by atoms with E-state index in [9.17, 15) is 4.79 Å². The third kappa shape index (κ3) is 4.36. The fraction of sp³-hybridized carbons (Fsp3) is 0.364. The molecule has 0 heterocycles. The van der Waals surface area contributed by atoms with Gasteiger partial charge in [0.1, 0.15) is 0 Å². The molecule has 2 N–H and O–H groups in total. The van der Waals surface area contributed by atoms with Gasteiger partial charge in [0, 0.05) is 12.3 Å². The third-order valence-electron chi connectivity index (χ3n) is 1.93. The zero-order chi connectivity index (χ0) is 11.1. The minimum absolute atomic E-state index is 0.370. The van der Waals surface area contributed by atoms with Crippen LogP contribution in [-0.4, -0.2) is 23.4 Å². The molecule has 1 rings (SSSR count). The minimum Gasteiger partial charge on any atom is -0.478 e. The van der Waals surface area contributed by atoms with Crippen LogP contribution in [-0.2, 0) is 4.79 Å². The van der Waals surface area contributed by atoms with E-state index in [0.29, 0.717) is 12.0 Å². The van der Waals surface area contributed by atoms with E-state index in [1.807, 2.05) is 6.08 Å². The summed E-state index contributed by atoms with van der Waals surface area (Å²) in [6.07, 6.45) is 8.00. The molecule has 0 saturated carbocycles. The molecule has 0 radical (unpaired) electrons. The van der Waals surface area contributed by atoms with Crippen molar-refractivity contribution in [3.8, 4) is 0 Å². The maximum Gasteiger partial charge on any atom is 0.335 e. The summed E-state index contributed by atoms with van der Waals surface area (Å²) in [5.41, 5.74) is 1.53. The molecule has 3 nitrogen and oxygen atoms in total. The fourth-order valence-corrected chi connectivity index (χ4v) is 1.86. The molecule has 0 unspecified atom stereocenters. The Bertz CT molecular complexity index is 319. The van der Waals surface area contributed by atoms with Crippen LogP contribution in [0.5, 0.6) is 0 Å². The highest BCUT2D eigenvalue weighted by molar-refractivity contribution is 7.97. The number of carboxylic acid groups (broad SMARTS) is 1. The van der Waals surface area contributed by atoms with Gasteiger partial charge in [0.25, 0.3) is 0 Å².